The van der Waals surface area contributed by atoms with Crippen molar-refractivity contribution < 1.29 is 36.2 Å². The highest BCUT2D eigenvalue weighted by Gasteiger charge is 2.48. The van der Waals surface area contributed by atoms with E-state index < -0.39 is 30.1 Å². The molecule has 5 nitrogen and oxygen atoms in total. The summed E-state index contributed by atoms with van der Waals surface area (Å²) >= 11 is 0. The van der Waals surface area contributed by atoms with Crippen LogP contribution >= 0.6 is 0 Å². The maximum atomic E-state index is 14.5. The molecule has 1 saturated carbocycles. The SMILES string of the molecule is Nc1ccc(CCOC(=O)/C=C/c2ccc(OC(F)(F)C3CCC(C(F)(F)F)CC3)cc2)c(N)c1. The van der Waals surface area contributed by atoms with Gasteiger partial charge in [0.25, 0.3) is 0 Å². The van der Waals surface area contributed by atoms with E-state index in [1.807, 2.05) is 0 Å². The van der Waals surface area contributed by atoms with Gasteiger partial charge in [-0.1, -0.05) is 18.2 Å². The Bertz CT molecular complexity index is 1030. The van der Waals surface area contributed by atoms with E-state index in [9.17, 15) is 26.7 Å². The first-order valence-corrected chi connectivity index (χ1v) is 11.2. The van der Waals surface area contributed by atoms with Gasteiger partial charge in [-0.3, -0.25) is 0 Å². The average Bonchev–Trinajstić information content (AvgIpc) is 2.79. The molecule has 0 bridgehead atoms. The summed E-state index contributed by atoms with van der Waals surface area (Å²) in [7, 11) is 0. The van der Waals surface area contributed by atoms with Gasteiger partial charge in [-0.15, -0.1) is 0 Å². The van der Waals surface area contributed by atoms with E-state index in [1.165, 1.54) is 36.4 Å². The van der Waals surface area contributed by atoms with Crippen molar-refractivity contribution in [2.24, 2.45) is 11.8 Å². The predicted molar refractivity (Wildman–Crippen MR) is 122 cm³/mol. The van der Waals surface area contributed by atoms with Crippen molar-refractivity contribution in [3.05, 3.63) is 59.7 Å². The number of carbonyl (C=O) groups excluding carboxylic acids is 1. The Morgan fingerprint density at radius 1 is 0.943 bits per heavy atom. The highest BCUT2D eigenvalue weighted by Crippen LogP contribution is 2.44. The van der Waals surface area contributed by atoms with Crippen LogP contribution in [0.15, 0.2) is 48.5 Å². The fourth-order valence-corrected chi connectivity index (χ4v) is 3.96. The summed E-state index contributed by atoms with van der Waals surface area (Å²) in [6.45, 7) is 0.115. The van der Waals surface area contributed by atoms with Gasteiger partial charge in [-0.25, -0.2) is 4.79 Å². The van der Waals surface area contributed by atoms with Gasteiger partial charge in [-0.2, -0.15) is 22.0 Å². The normalized spacial score (nSPS) is 19.0. The number of benzene rings is 2. The second-order valence-corrected chi connectivity index (χ2v) is 8.53. The molecule has 190 valence electrons. The van der Waals surface area contributed by atoms with Crippen molar-refractivity contribution >= 4 is 23.4 Å². The molecule has 0 amide bonds. The Labute approximate surface area is 199 Å². The van der Waals surface area contributed by atoms with Crippen molar-refractivity contribution in [3.63, 3.8) is 0 Å². The number of rotatable bonds is 8. The zero-order valence-electron chi connectivity index (χ0n) is 18.9. The molecule has 10 heteroatoms. The minimum absolute atomic E-state index is 0.115. The Morgan fingerprint density at radius 2 is 1.57 bits per heavy atom. The van der Waals surface area contributed by atoms with E-state index in [1.54, 1.807) is 18.2 Å². The quantitative estimate of drug-likeness (QED) is 0.202. The second kappa shape index (κ2) is 11.0. The minimum atomic E-state index is -4.36. The number of hydrogen-bond acceptors (Lipinski definition) is 5. The first-order valence-electron chi connectivity index (χ1n) is 11.2. The highest BCUT2D eigenvalue weighted by molar-refractivity contribution is 5.87. The molecule has 4 N–H and O–H groups in total. The summed E-state index contributed by atoms with van der Waals surface area (Å²) < 4.78 is 77.1. The van der Waals surface area contributed by atoms with E-state index in [2.05, 4.69) is 0 Å². The van der Waals surface area contributed by atoms with Gasteiger partial charge in [0.1, 0.15) is 5.75 Å². The van der Waals surface area contributed by atoms with E-state index in [0.717, 1.165) is 5.56 Å². The van der Waals surface area contributed by atoms with Crippen LogP contribution in [0.5, 0.6) is 5.75 Å². The molecule has 0 heterocycles. The summed E-state index contributed by atoms with van der Waals surface area (Å²) in [5.41, 5.74) is 13.9. The molecular weight excluding hydrogens is 471 g/mol. The molecule has 0 unspecified atom stereocenters. The van der Waals surface area contributed by atoms with E-state index in [4.69, 9.17) is 20.9 Å². The van der Waals surface area contributed by atoms with Crippen LogP contribution in [-0.2, 0) is 16.0 Å². The van der Waals surface area contributed by atoms with Crippen LogP contribution in [-0.4, -0.2) is 24.9 Å². The number of nitrogen functional groups attached to an aromatic ring is 2. The predicted octanol–water partition coefficient (Wildman–Crippen LogP) is 5.99. The van der Waals surface area contributed by atoms with Crippen molar-refractivity contribution in [2.75, 3.05) is 18.1 Å². The summed E-state index contributed by atoms with van der Waals surface area (Å²) in [6, 6.07) is 10.7. The zero-order valence-corrected chi connectivity index (χ0v) is 18.9. The molecular formula is C25H27F5N2O3. The van der Waals surface area contributed by atoms with Gasteiger partial charge >= 0.3 is 18.3 Å². The third-order valence-corrected chi connectivity index (χ3v) is 6.00. The van der Waals surface area contributed by atoms with Crippen molar-refractivity contribution in [2.45, 2.75) is 44.4 Å². The molecule has 0 radical (unpaired) electrons. The topological polar surface area (TPSA) is 87.6 Å². The van der Waals surface area contributed by atoms with Crippen LogP contribution in [0.3, 0.4) is 0 Å². The number of halogens is 5. The largest absolute Gasteiger partial charge is 0.462 e. The van der Waals surface area contributed by atoms with E-state index >= 15 is 0 Å². The third-order valence-electron chi connectivity index (χ3n) is 6.00. The standard InChI is InChI=1S/C25H27F5N2O3/c26-24(27,28)18-5-7-19(8-6-18)25(29,30)35-21-10-1-16(2-11-21)3-12-23(33)34-14-13-17-4-9-20(31)15-22(17)32/h1-4,9-12,15,18-19H,5-8,13-14,31-32H2/b12-3+. The molecule has 0 spiro atoms. The van der Waals surface area contributed by atoms with Gasteiger partial charge < -0.3 is 20.9 Å². The van der Waals surface area contributed by atoms with Gasteiger partial charge in [-0.05, 0) is 67.2 Å². The van der Waals surface area contributed by atoms with Crippen LogP contribution in [0.25, 0.3) is 6.08 Å². The smallest absolute Gasteiger partial charge is 0.400 e. The van der Waals surface area contributed by atoms with Gasteiger partial charge in [0.05, 0.1) is 18.4 Å². The maximum absolute atomic E-state index is 14.5. The molecule has 0 saturated heterocycles. The second-order valence-electron chi connectivity index (χ2n) is 8.53. The fourth-order valence-electron chi connectivity index (χ4n) is 3.96. The summed E-state index contributed by atoms with van der Waals surface area (Å²) in [4.78, 5) is 11.9. The summed E-state index contributed by atoms with van der Waals surface area (Å²) in [5, 5.41) is 0. The first kappa shape index (κ1) is 26.3. The molecule has 2 aromatic carbocycles. The van der Waals surface area contributed by atoms with Gasteiger partial charge in [0.2, 0.25) is 0 Å². The number of carbonyl (C=O) groups is 1. The molecule has 35 heavy (non-hydrogen) atoms. The van der Waals surface area contributed by atoms with Crippen LogP contribution in [0.4, 0.5) is 33.3 Å². The molecule has 2 aromatic rings. The highest BCUT2D eigenvalue weighted by atomic mass is 19.4. The maximum Gasteiger partial charge on any atom is 0.400 e. The molecule has 3 rings (SSSR count). The lowest BCUT2D eigenvalue weighted by molar-refractivity contribution is -0.237. The lowest BCUT2D eigenvalue weighted by atomic mass is 9.81. The van der Waals surface area contributed by atoms with Crippen LogP contribution in [0.2, 0.25) is 0 Å². The first-order chi connectivity index (χ1) is 16.4. The minimum Gasteiger partial charge on any atom is -0.462 e. The molecule has 0 aliphatic heterocycles. The molecule has 1 aliphatic carbocycles. The average molecular weight is 498 g/mol. The number of alkyl halides is 5. The molecule has 1 aliphatic rings. The number of hydrogen-bond donors (Lipinski definition) is 2. The zero-order chi connectivity index (χ0) is 25.6. The number of nitrogens with two attached hydrogens (primary N) is 2. The van der Waals surface area contributed by atoms with Crippen LogP contribution in [0, 0.1) is 11.8 Å². The van der Waals surface area contributed by atoms with Crippen LogP contribution in [0.1, 0.15) is 36.8 Å². The number of anilines is 2. The number of esters is 1. The number of ether oxygens (including phenoxy) is 2. The van der Waals surface area contributed by atoms with E-state index in [-0.39, 0.29) is 38.0 Å². The summed E-state index contributed by atoms with van der Waals surface area (Å²) in [5.74, 6) is -3.52. The van der Waals surface area contributed by atoms with Crippen LogP contribution < -0.4 is 16.2 Å². The van der Waals surface area contributed by atoms with E-state index in [0.29, 0.717) is 23.4 Å². The fraction of sp³-hybridized carbons (Fsp3) is 0.400. The van der Waals surface area contributed by atoms with Crippen molar-refractivity contribution in [1.82, 2.24) is 0 Å². The third kappa shape index (κ3) is 7.60. The molecule has 0 aromatic heterocycles. The molecule has 1 fully saturated rings. The lowest BCUT2D eigenvalue weighted by Crippen LogP contribution is -2.39. The van der Waals surface area contributed by atoms with Gasteiger partial charge in [0, 0.05) is 23.9 Å². The van der Waals surface area contributed by atoms with Crippen molar-refractivity contribution in [1.29, 1.82) is 0 Å². The Kier molecular flexibility index (Phi) is 8.24. The van der Waals surface area contributed by atoms with Gasteiger partial charge in [0.15, 0.2) is 0 Å². The Hall–Kier alpha value is -3.30. The Morgan fingerprint density at radius 3 is 2.17 bits per heavy atom. The summed E-state index contributed by atoms with van der Waals surface area (Å²) in [6.07, 6.45) is -6.04. The van der Waals surface area contributed by atoms with Crippen molar-refractivity contribution in [3.8, 4) is 5.75 Å². The Balaban J connectivity index is 1.46. The monoisotopic (exact) mass is 498 g/mol. The lowest BCUT2D eigenvalue weighted by Gasteiger charge is -2.33. The molecule has 0 atom stereocenters.